The summed E-state index contributed by atoms with van der Waals surface area (Å²) in [6, 6.07) is 12.8. The lowest BCUT2D eigenvalue weighted by atomic mass is 9.97. The molecule has 1 aliphatic carbocycles. The largest absolute Gasteiger partial charge is 0.497 e. The summed E-state index contributed by atoms with van der Waals surface area (Å²) in [5.41, 5.74) is 2.41. The fourth-order valence-corrected chi connectivity index (χ4v) is 4.63. The van der Waals surface area contributed by atoms with Gasteiger partial charge >= 0.3 is 0 Å². The number of sulfonamides is 1. The quantitative estimate of drug-likeness (QED) is 0.641. The molecule has 0 heterocycles. The van der Waals surface area contributed by atoms with Crippen molar-refractivity contribution in [3.05, 3.63) is 65.7 Å². The van der Waals surface area contributed by atoms with Crippen molar-refractivity contribution in [2.24, 2.45) is 0 Å². The molecule has 0 spiro atoms. The Balaban J connectivity index is 1.62. The van der Waals surface area contributed by atoms with Gasteiger partial charge in [-0.25, -0.2) is 8.42 Å². The second-order valence-electron chi connectivity index (χ2n) is 7.31. The molecule has 0 aromatic heterocycles. The molecule has 1 aliphatic rings. The van der Waals surface area contributed by atoms with Crippen molar-refractivity contribution >= 4 is 21.6 Å². The molecule has 7 heteroatoms. The van der Waals surface area contributed by atoms with Gasteiger partial charge in [-0.1, -0.05) is 11.6 Å². The standard InChI is InChI=1S/C23H28N2O4S/c1-25(30(27,28)22-14-12-21(29-2)13-15-22)20-10-8-19(9-11-20)23(26)24-17-16-18-6-4-3-5-7-18/h6,8-15H,3-5,7,16-17H2,1-2H3,(H,24,26). The average Bonchev–Trinajstić information content (AvgIpc) is 2.79. The summed E-state index contributed by atoms with van der Waals surface area (Å²) in [4.78, 5) is 12.5. The van der Waals surface area contributed by atoms with E-state index in [2.05, 4.69) is 11.4 Å². The summed E-state index contributed by atoms with van der Waals surface area (Å²) in [6.07, 6.45) is 7.91. The van der Waals surface area contributed by atoms with Gasteiger partial charge in [0.25, 0.3) is 15.9 Å². The van der Waals surface area contributed by atoms with E-state index < -0.39 is 10.0 Å². The molecule has 1 amide bonds. The molecule has 6 nitrogen and oxygen atoms in total. The number of anilines is 1. The second-order valence-corrected chi connectivity index (χ2v) is 9.28. The second kappa shape index (κ2) is 9.80. The van der Waals surface area contributed by atoms with Gasteiger partial charge in [-0.15, -0.1) is 0 Å². The Kier molecular flexibility index (Phi) is 7.15. The third-order valence-electron chi connectivity index (χ3n) is 5.33. The highest BCUT2D eigenvalue weighted by Gasteiger charge is 2.21. The van der Waals surface area contributed by atoms with E-state index >= 15 is 0 Å². The molecule has 1 N–H and O–H groups in total. The van der Waals surface area contributed by atoms with E-state index in [1.54, 1.807) is 36.4 Å². The number of carbonyl (C=O) groups is 1. The zero-order chi connectivity index (χ0) is 21.6. The van der Waals surface area contributed by atoms with Crippen LogP contribution in [0.1, 0.15) is 42.5 Å². The van der Waals surface area contributed by atoms with Crippen LogP contribution in [0.5, 0.6) is 5.75 Å². The summed E-state index contributed by atoms with van der Waals surface area (Å²) in [6.45, 7) is 0.609. The van der Waals surface area contributed by atoms with Crippen molar-refractivity contribution in [2.75, 3.05) is 25.0 Å². The predicted molar refractivity (Wildman–Crippen MR) is 119 cm³/mol. The molecule has 0 saturated carbocycles. The van der Waals surface area contributed by atoms with E-state index in [0.717, 1.165) is 19.3 Å². The molecule has 0 bridgehead atoms. The van der Waals surface area contributed by atoms with Crippen LogP contribution in [-0.4, -0.2) is 35.0 Å². The van der Waals surface area contributed by atoms with Gasteiger partial charge in [0, 0.05) is 19.2 Å². The lowest BCUT2D eigenvalue weighted by molar-refractivity contribution is 0.0954. The lowest BCUT2D eigenvalue weighted by Crippen LogP contribution is -2.27. The molecule has 0 saturated heterocycles. The molecule has 0 radical (unpaired) electrons. The van der Waals surface area contributed by atoms with E-state index in [0.29, 0.717) is 23.5 Å². The summed E-state index contributed by atoms with van der Waals surface area (Å²) in [5, 5.41) is 2.94. The van der Waals surface area contributed by atoms with Crippen molar-refractivity contribution in [1.82, 2.24) is 5.32 Å². The number of hydrogen-bond donors (Lipinski definition) is 1. The maximum absolute atomic E-state index is 12.8. The normalized spacial score (nSPS) is 14.0. The summed E-state index contributed by atoms with van der Waals surface area (Å²) in [7, 11) is -0.685. The minimum Gasteiger partial charge on any atom is -0.497 e. The summed E-state index contributed by atoms with van der Waals surface area (Å²) < 4.78 is 32.0. The zero-order valence-corrected chi connectivity index (χ0v) is 18.2. The van der Waals surface area contributed by atoms with Gasteiger partial charge in [-0.3, -0.25) is 9.10 Å². The number of nitrogens with zero attached hydrogens (tertiary/aromatic N) is 1. The Morgan fingerprint density at radius 2 is 1.77 bits per heavy atom. The first-order chi connectivity index (χ1) is 14.4. The molecule has 2 aromatic rings. The first kappa shape index (κ1) is 21.9. The average molecular weight is 429 g/mol. The molecule has 30 heavy (non-hydrogen) atoms. The van der Waals surface area contributed by atoms with Crippen molar-refractivity contribution in [3.8, 4) is 5.75 Å². The van der Waals surface area contributed by atoms with Gasteiger partial charge in [-0.05, 0) is 80.6 Å². The Labute approximate surface area is 178 Å². The number of rotatable bonds is 8. The highest BCUT2D eigenvalue weighted by Crippen LogP contribution is 2.24. The predicted octanol–water partition coefficient (Wildman–Crippen LogP) is 4.14. The number of allylic oxidation sites excluding steroid dienone is 1. The van der Waals surface area contributed by atoms with Crippen LogP contribution in [0.25, 0.3) is 0 Å². The van der Waals surface area contributed by atoms with Crippen molar-refractivity contribution in [1.29, 1.82) is 0 Å². The highest BCUT2D eigenvalue weighted by molar-refractivity contribution is 7.92. The van der Waals surface area contributed by atoms with Gasteiger partial charge < -0.3 is 10.1 Å². The minimum atomic E-state index is -3.71. The third kappa shape index (κ3) is 5.21. The third-order valence-corrected chi connectivity index (χ3v) is 7.13. The van der Waals surface area contributed by atoms with E-state index in [1.807, 2.05) is 0 Å². The maximum Gasteiger partial charge on any atom is 0.264 e. The zero-order valence-electron chi connectivity index (χ0n) is 17.4. The Bertz CT molecular complexity index is 997. The number of amides is 1. The van der Waals surface area contributed by atoms with Crippen LogP contribution < -0.4 is 14.4 Å². The van der Waals surface area contributed by atoms with Gasteiger partial charge in [0.1, 0.15) is 5.75 Å². The molecule has 0 fully saturated rings. The minimum absolute atomic E-state index is 0.154. The molecule has 0 aliphatic heterocycles. The van der Waals surface area contributed by atoms with Crippen LogP contribution in [0.2, 0.25) is 0 Å². The Morgan fingerprint density at radius 1 is 1.07 bits per heavy atom. The van der Waals surface area contributed by atoms with E-state index in [-0.39, 0.29) is 10.8 Å². The Morgan fingerprint density at radius 3 is 2.37 bits per heavy atom. The monoisotopic (exact) mass is 428 g/mol. The number of methoxy groups -OCH3 is 1. The topological polar surface area (TPSA) is 75.7 Å². The van der Waals surface area contributed by atoms with Crippen LogP contribution in [-0.2, 0) is 10.0 Å². The van der Waals surface area contributed by atoms with Crippen LogP contribution in [0, 0.1) is 0 Å². The van der Waals surface area contributed by atoms with Crippen molar-refractivity contribution in [2.45, 2.75) is 37.0 Å². The first-order valence-corrected chi connectivity index (χ1v) is 11.5. The fourth-order valence-electron chi connectivity index (χ4n) is 3.44. The van der Waals surface area contributed by atoms with Crippen LogP contribution in [0.3, 0.4) is 0 Å². The first-order valence-electron chi connectivity index (χ1n) is 10.1. The van der Waals surface area contributed by atoms with E-state index in [9.17, 15) is 13.2 Å². The lowest BCUT2D eigenvalue weighted by Gasteiger charge is -2.20. The van der Waals surface area contributed by atoms with Crippen molar-refractivity contribution in [3.63, 3.8) is 0 Å². The smallest absolute Gasteiger partial charge is 0.264 e. The van der Waals surface area contributed by atoms with E-state index in [1.165, 1.54) is 49.0 Å². The number of benzene rings is 2. The van der Waals surface area contributed by atoms with E-state index in [4.69, 9.17) is 4.74 Å². The van der Waals surface area contributed by atoms with Crippen LogP contribution in [0.4, 0.5) is 5.69 Å². The summed E-state index contributed by atoms with van der Waals surface area (Å²) >= 11 is 0. The Hall–Kier alpha value is -2.80. The van der Waals surface area contributed by atoms with Gasteiger partial charge in [0.05, 0.1) is 17.7 Å². The number of carbonyl (C=O) groups excluding carboxylic acids is 1. The molecular formula is C23H28N2O4S. The van der Waals surface area contributed by atoms with Gasteiger partial charge in [0.2, 0.25) is 0 Å². The van der Waals surface area contributed by atoms with Gasteiger partial charge in [-0.2, -0.15) is 0 Å². The van der Waals surface area contributed by atoms with Crippen LogP contribution in [0.15, 0.2) is 65.1 Å². The summed E-state index contributed by atoms with van der Waals surface area (Å²) in [5.74, 6) is 0.436. The molecular weight excluding hydrogens is 400 g/mol. The fraction of sp³-hybridized carbons (Fsp3) is 0.348. The highest BCUT2D eigenvalue weighted by atomic mass is 32.2. The number of hydrogen-bond acceptors (Lipinski definition) is 4. The van der Waals surface area contributed by atoms with Crippen LogP contribution >= 0.6 is 0 Å². The SMILES string of the molecule is COc1ccc(S(=O)(=O)N(C)c2ccc(C(=O)NCCC3=CCCCC3)cc2)cc1. The molecule has 160 valence electrons. The number of ether oxygens (including phenoxy) is 1. The molecule has 2 aromatic carbocycles. The van der Waals surface area contributed by atoms with Crippen molar-refractivity contribution < 1.29 is 17.9 Å². The number of nitrogens with one attached hydrogen (secondary N) is 1. The molecule has 0 atom stereocenters. The molecule has 0 unspecified atom stereocenters. The maximum atomic E-state index is 12.8. The van der Waals surface area contributed by atoms with Gasteiger partial charge in [0.15, 0.2) is 0 Å². The molecule has 3 rings (SSSR count).